The SMILES string of the molecule is CC(C)n1cc(CN2Cc3ccnn3CC(OCc3ccncc3)C2)cn1. The number of ether oxygens (including phenoxy) is 1. The summed E-state index contributed by atoms with van der Waals surface area (Å²) in [4.78, 5) is 6.48. The minimum Gasteiger partial charge on any atom is -0.370 e. The van der Waals surface area contributed by atoms with E-state index in [9.17, 15) is 0 Å². The zero-order chi connectivity index (χ0) is 18.6. The van der Waals surface area contributed by atoms with Crippen molar-refractivity contribution in [2.45, 2.75) is 52.2 Å². The Bertz CT molecular complexity index is 856. The van der Waals surface area contributed by atoms with E-state index in [0.717, 1.165) is 31.7 Å². The van der Waals surface area contributed by atoms with Crippen molar-refractivity contribution >= 4 is 0 Å². The fourth-order valence-corrected chi connectivity index (χ4v) is 3.41. The van der Waals surface area contributed by atoms with Crippen molar-refractivity contribution in [1.29, 1.82) is 0 Å². The number of rotatable bonds is 6. The van der Waals surface area contributed by atoms with E-state index in [1.807, 2.05) is 29.2 Å². The average molecular weight is 366 g/mol. The number of pyridine rings is 1. The van der Waals surface area contributed by atoms with Gasteiger partial charge in [-0.3, -0.25) is 19.2 Å². The molecule has 7 heteroatoms. The second-order valence-corrected chi connectivity index (χ2v) is 7.39. The lowest BCUT2D eigenvalue weighted by atomic mass is 10.2. The molecule has 7 nitrogen and oxygen atoms in total. The van der Waals surface area contributed by atoms with Crippen LogP contribution in [0.5, 0.6) is 0 Å². The second kappa shape index (κ2) is 8.02. The maximum Gasteiger partial charge on any atom is 0.0902 e. The van der Waals surface area contributed by atoms with Crippen LogP contribution < -0.4 is 0 Å². The number of aromatic nitrogens is 5. The Labute approximate surface area is 159 Å². The van der Waals surface area contributed by atoms with Gasteiger partial charge in [0, 0.05) is 56.0 Å². The van der Waals surface area contributed by atoms with Gasteiger partial charge < -0.3 is 4.74 Å². The monoisotopic (exact) mass is 366 g/mol. The molecule has 27 heavy (non-hydrogen) atoms. The van der Waals surface area contributed by atoms with Gasteiger partial charge >= 0.3 is 0 Å². The summed E-state index contributed by atoms with van der Waals surface area (Å²) in [5, 5.41) is 8.94. The summed E-state index contributed by atoms with van der Waals surface area (Å²) in [6.45, 7) is 8.23. The Morgan fingerprint density at radius 2 is 1.93 bits per heavy atom. The molecule has 0 spiro atoms. The summed E-state index contributed by atoms with van der Waals surface area (Å²) in [7, 11) is 0. The van der Waals surface area contributed by atoms with Crippen LogP contribution in [0.25, 0.3) is 0 Å². The second-order valence-electron chi connectivity index (χ2n) is 7.39. The number of hydrogen-bond acceptors (Lipinski definition) is 5. The summed E-state index contributed by atoms with van der Waals surface area (Å²) >= 11 is 0. The molecule has 142 valence electrons. The summed E-state index contributed by atoms with van der Waals surface area (Å²) < 4.78 is 10.3. The Morgan fingerprint density at radius 3 is 2.70 bits per heavy atom. The first kappa shape index (κ1) is 17.9. The van der Waals surface area contributed by atoms with E-state index < -0.39 is 0 Å². The molecule has 0 bridgehead atoms. The highest BCUT2D eigenvalue weighted by molar-refractivity contribution is 5.09. The quantitative estimate of drug-likeness (QED) is 0.671. The smallest absolute Gasteiger partial charge is 0.0902 e. The van der Waals surface area contributed by atoms with Gasteiger partial charge in [0.25, 0.3) is 0 Å². The lowest BCUT2D eigenvalue weighted by molar-refractivity contribution is 0.00716. The van der Waals surface area contributed by atoms with Crippen LogP contribution in [-0.2, 0) is 31.0 Å². The number of fused-ring (bicyclic) bond motifs is 1. The first-order valence-electron chi connectivity index (χ1n) is 9.44. The van der Waals surface area contributed by atoms with Crippen molar-refractivity contribution < 1.29 is 4.74 Å². The van der Waals surface area contributed by atoms with Crippen LogP contribution in [0, 0.1) is 0 Å². The largest absolute Gasteiger partial charge is 0.370 e. The minimum absolute atomic E-state index is 0.0828. The number of hydrogen-bond donors (Lipinski definition) is 0. The lowest BCUT2D eigenvalue weighted by Gasteiger charge is -2.23. The molecule has 0 amide bonds. The average Bonchev–Trinajstić information content (AvgIpc) is 3.27. The van der Waals surface area contributed by atoms with Crippen LogP contribution in [0.1, 0.15) is 36.7 Å². The Balaban J connectivity index is 1.46. The molecule has 3 aromatic heterocycles. The standard InChI is InChI=1S/C20H26N6O/c1-16(2)25-11-18(9-23-25)10-24-12-19-5-8-22-26(19)14-20(13-24)27-15-17-3-6-21-7-4-17/h3-9,11,16,20H,10,12-15H2,1-2H3. The van der Waals surface area contributed by atoms with E-state index in [1.54, 1.807) is 12.4 Å². The molecule has 1 unspecified atom stereocenters. The van der Waals surface area contributed by atoms with Crippen LogP contribution >= 0.6 is 0 Å². The predicted octanol–water partition coefficient (Wildman–Crippen LogP) is 2.66. The third-order valence-corrected chi connectivity index (χ3v) is 4.85. The van der Waals surface area contributed by atoms with Gasteiger partial charge in [-0.15, -0.1) is 0 Å². The van der Waals surface area contributed by atoms with Gasteiger partial charge in [0.05, 0.1) is 31.1 Å². The third kappa shape index (κ3) is 4.43. The first-order chi connectivity index (χ1) is 13.2. The zero-order valence-corrected chi connectivity index (χ0v) is 15.9. The Kier molecular flexibility index (Phi) is 5.31. The van der Waals surface area contributed by atoms with E-state index in [4.69, 9.17) is 4.74 Å². The van der Waals surface area contributed by atoms with Gasteiger partial charge in [-0.2, -0.15) is 10.2 Å². The highest BCUT2D eigenvalue weighted by Gasteiger charge is 2.23. The summed E-state index contributed by atoms with van der Waals surface area (Å²) in [5.41, 5.74) is 3.59. The highest BCUT2D eigenvalue weighted by atomic mass is 16.5. The van der Waals surface area contributed by atoms with Gasteiger partial charge in [0.15, 0.2) is 0 Å². The van der Waals surface area contributed by atoms with E-state index in [1.165, 1.54) is 11.3 Å². The molecule has 0 N–H and O–H groups in total. The molecule has 3 aromatic rings. The molecule has 0 radical (unpaired) electrons. The molecule has 0 aliphatic carbocycles. The molecule has 1 atom stereocenters. The molecule has 0 saturated heterocycles. The van der Waals surface area contributed by atoms with Crippen molar-refractivity contribution in [2.24, 2.45) is 0 Å². The maximum atomic E-state index is 6.24. The molecular formula is C20H26N6O. The van der Waals surface area contributed by atoms with E-state index in [2.05, 4.69) is 50.9 Å². The van der Waals surface area contributed by atoms with Crippen LogP contribution in [0.2, 0.25) is 0 Å². The summed E-state index contributed by atoms with van der Waals surface area (Å²) in [6.07, 6.45) is 9.66. The van der Waals surface area contributed by atoms with Gasteiger partial charge in [0.1, 0.15) is 0 Å². The van der Waals surface area contributed by atoms with E-state index in [-0.39, 0.29) is 6.10 Å². The molecule has 0 saturated carbocycles. The summed E-state index contributed by atoms with van der Waals surface area (Å²) in [6, 6.07) is 6.46. The van der Waals surface area contributed by atoms with Crippen LogP contribution in [0.15, 0.2) is 49.2 Å². The highest BCUT2D eigenvalue weighted by Crippen LogP contribution is 2.18. The van der Waals surface area contributed by atoms with Gasteiger partial charge in [-0.1, -0.05) is 0 Å². The van der Waals surface area contributed by atoms with Crippen LogP contribution in [0.3, 0.4) is 0 Å². The zero-order valence-electron chi connectivity index (χ0n) is 15.9. The molecule has 0 fully saturated rings. The van der Waals surface area contributed by atoms with Gasteiger partial charge in [0.2, 0.25) is 0 Å². The summed E-state index contributed by atoms with van der Waals surface area (Å²) in [5.74, 6) is 0. The first-order valence-corrected chi connectivity index (χ1v) is 9.44. The maximum absolute atomic E-state index is 6.24. The lowest BCUT2D eigenvalue weighted by Crippen LogP contribution is -2.32. The number of nitrogens with zero attached hydrogens (tertiary/aromatic N) is 6. The van der Waals surface area contributed by atoms with Gasteiger partial charge in [-0.05, 0) is 37.6 Å². The van der Waals surface area contributed by atoms with Crippen LogP contribution in [-0.4, -0.2) is 42.1 Å². The minimum atomic E-state index is 0.0828. The molecule has 4 rings (SSSR count). The molecule has 1 aliphatic heterocycles. The Morgan fingerprint density at radius 1 is 1.07 bits per heavy atom. The fourth-order valence-electron chi connectivity index (χ4n) is 3.41. The molecular weight excluding hydrogens is 340 g/mol. The fraction of sp³-hybridized carbons (Fsp3) is 0.450. The topological polar surface area (TPSA) is 61.0 Å². The molecule has 1 aliphatic rings. The normalized spacial score (nSPS) is 17.8. The van der Waals surface area contributed by atoms with Crippen molar-refractivity contribution in [1.82, 2.24) is 29.4 Å². The van der Waals surface area contributed by atoms with Crippen molar-refractivity contribution in [3.63, 3.8) is 0 Å². The van der Waals surface area contributed by atoms with Crippen molar-refractivity contribution in [2.75, 3.05) is 6.54 Å². The molecule has 0 aromatic carbocycles. The van der Waals surface area contributed by atoms with Crippen molar-refractivity contribution in [3.05, 3.63) is 66.0 Å². The van der Waals surface area contributed by atoms with E-state index >= 15 is 0 Å². The third-order valence-electron chi connectivity index (χ3n) is 4.85. The predicted molar refractivity (Wildman–Crippen MR) is 102 cm³/mol. The van der Waals surface area contributed by atoms with Gasteiger partial charge in [-0.25, -0.2) is 0 Å². The van der Waals surface area contributed by atoms with Crippen molar-refractivity contribution in [3.8, 4) is 0 Å². The van der Waals surface area contributed by atoms with Crippen LogP contribution in [0.4, 0.5) is 0 Å². The van der Waals surface area contributed by atoms with E-state index in [0.29, 0.717) is 12.6 Å². The molecule has 4 heterocycles. The Hall–Kier alpha value is -2.51.